The van der Waals surface area contributed by atoms with Crippen LogP contribution < -0.4 is 9.64 Å². The summed E-state index contributed by atoms with van der Waals surface area (Å²) in [5.41, 5.74) is 0.292. The van der Waals surface area contributed by atoms with Gasteiger partial charge in [-0.1, -0.05) is 24.3 Å². The number of amides is 2. The van der Waals surface area contributed by atoms with E-state index < -0.39 is 23.1 Å². The standard InChI is InChI=1S/C28H28N2O6/c1-4-12-29-21-9-6-5-8-20(21)28(27(29)34)23(25(32)26(33)30(28)13-7-14-35-3)24(31)18-10-11-22-19(16-18)15-17(2)36-22/h4-6,8-11,16-17,31H,1,7,12-15H2,2-3H3/b24-23+. The average Bonchev–Trinajstić information content (AvgIpc) is 3.44. The fourth-order valence-electron chi connectivity index (χ4n) is 5.56. The molecule has 3 aliphatic rings. The predicted molar refractivity (Wildman–Crippen MR) is 134 cm³/mol. The highest BCUT2D eigenvalue weighted by Gasteiger charge is 2.66. The molecule has 5 rings (SSSR count). The highest BCUT2D eigenvalue weighted by atomic mass is 16.5. The van der Waals surface area contributed by atoms with Gasteiger partial charge in [-0.15, -0.1) is 6.58 Å². The molecule has 0 aromatic heterocycles. The van der Waals surface area contributed by atoms with Crippen LogP contribution in [0.3, 0.4) is 0 Å². The number of rotatable bonds is 7. The van der Waals surface area contributed by atoms with Crippen LogP contribution in [0, 0.1) is 0 Å². The number of fused-ring (bicyclic) bond motifs is 3. The third-order valence-corrected chi connectivity index (χ3v) is 7.02. The Kier molecular flexibility index (Phi) is 5.92. The van der Waals surface area contributed by atoms with Crippen LogP contribution >= 0.6 is 0 Å². The van der Waals surface area contributed by atoms with E-state index >= 15 is 0 Å². The molecule has 3 heterocycles. The van der Waals surface area contributed by atoms with E-state index in [9.17, 15) is 19.5 Å². The first kappa shape index (κ1) is 23.8. The molecule has 8 heteroatoms. The number of likely N-dealkylation sites (tertiary alicyclic amines) is 1. The zero-order valence-electron chi connectivity index (χ0n) is 20.3. The minimum Gasteiger partial charge on any atom is -0.507 e. The van der Waals surface area contributed by atoms with Crippen LogP contribution in [0.15, 0.2) is 60.7 Å². The van der Waals surface area contributed by atoms with E-state index in [1.54, 1.807) is 55.7 Å². The van der Waals surface area contributed by atoms with Gasteiger partial charge in [0.25, 0.3) is 17.6 Å². The number of benzene rings is 2. The Hall–Kier alpha value is -3.91. The molecule has 0 aliphatic carbocycles. The van der Waals surface area contributed by atoms with Gasteiger partial charge in [0, 0.05) is 44.4 Å². The van der Waals surface area contributed by atoms with Crippen molar-refractivity contribution in [2.75, 3.05) is 31.7 Å². The first-order valence-corrected chi connectivity index (χ1v) is 12.0. The summed E-state index contributed by atoms with van der Waals surface area (Å²) in [4.78, 5) is 44.0. The fourth-order valence-corrected chi connectivity index (χ4v) is 5.56. The maximum absolute atomic E-state index is 14.2. The Balaban J connectivity index is 1.76. The van der Waals surface area contributed by atoms with E-state index in [1.165, 1.54) is 9.80 Å². The van der Waals surface area contributed by atoms with Crippen LogP contribution in [0.25, 0.3) is 5.76 Å². The lowest BCUT2D eigenvalue weighted by molar-refractivity contribution is -0.143. The number of hydrogen-bond donors (Lipinski definition) is 1. The lowest BCUT2D eigenvalue weighted by Gasteiger charge is -2.34. The molecular formula is C28H28N2O6. The molecular weight excluding hydrogens is 460 g/mol. The van der Waals surface area contributed by atoms with Gasteiger partial charge >= 0.3 is 0 Å². The third kappa shape index (κ3) is 3.28. The fraction of sp³-hybridized carbons (Fsp3) is 0.321. The number of nitrogens with zero attached hydrogens (tertiary/aromatic N) is 2. The molecule has 1 N–H and O–H groups in total. The predicted octanol–water partition coefficient (Wildman–Crippen LogP) is 3.16. The quantitative estimate of drug-likeness (QED) is 0.212. The van der Waals surface area contributed by atoms with Crippen molar-refractivity contribution in [3.8, 4) is 5.75 Å². The van der Waals surface area contributed by atoms with Crippen LogP contribution in [-0.4, -0.2) is 60.5 Å². The Morgan fingerprint density at radius 3 is 2.78 bits per heavy atom. The molecule has 186 valence electrons. The number of methoxy groups -OCH3 is 1. The smallest absolute Gasteiger partial charge is 0.296 e. The van der Waals surface area contributed by atoms with E-state index in [-0.39, 0.29) is 30.5 Å². The van der Waals surface area contributed by atoms with E-state index in [1.807, 2.05) is 6.92 Å². The highest BCUT2D eigenvalue weighted by molar-refractivity contribution is 6.50. The highest BCUT2D eigenvalue weighted by Crippen LogP contribution is 2.53. The van der Waals surface area contributed by atoms with Gasteiger partial charge in [-0.05, 0) is 43.2 Å². The van der Waals surface area contributed by atoms with Gasteiger partial charge in [0.2, 0.25) is 0 Å². The molecule has 1 fully saturated rings. The van der Waals surface area contributed by atoms with Crippen molar-refractivity contribution in [3.63, 3.8) is 0 Å². The maximum Gasteiger partial charge on any atom is 0.296 e. The molecule has 2 atom stereocenters. The largest absolute Gasteiger partial charge is 0.507 e. The normalized spacial score (nSPS) is 23.8. The molecule has 1 saturated heterocycles. The first-order valence-electron chi connectivity index (χ1n) is 12.0. The van der Waals surface area contributed by atoms with E-state index in [2.05, 4.69) is 6.58 Å². The summed E-state index contributed by atoms with van der Waals surface area (Å²) >= 11 is 0. The number of carbonyl (C=O) groups is 3. The van der Waals surface area contributed by atoms with E-state index in [0.717, 1.165) is 5.56 Å². The van der Waals surface area contributed by atoms with Crippen molar-refractivity contribution < 1.29 is 29.0 Å². The van der Waals surface area contributed by atoms with Gasteiger partial charge in [-0.2, -0.15) is 0 Å². The zero-order chi connectivity index (χ0) is 25.6. The minimum absolute atomic E-state index is 0.00176. The number of hydrogen-bond acceptors (Lipinski definition) is 6. The lowest BCUT2D eigenvalue weighted by Crippen LogP contribution is -2.52. The summed E-state index contributed by atoms with van der Waals surface area (Å²) in [6, 6.07) is 12.2. The second-order valence-electron chi connectivity index (χ2n) is 9.24. The van der Waals surface area contributed by atoms with Gasteiger partial charge in [0.15, 0.2) is 5.54 Å². The van der Waals surface area contributed by atoms with Gasteiger partial charge in [-0.3, -0.25) is 14.4 Å². The molecule has 36 heavy (non-hydrogen) atoms. The van der Waals surface area contributed by atoms with Crippen molar-refractivity contribution in [1.82, 2.24) is 4.90 Å². The summed E-state index contributed by atoms with van der Waals surface area (Å²) in [7, 11) is 1.55. The number of aliphatic hydroxyl groups is 1. The molecule has 0 bridgehead atoms. The van der Waals surface area contributed by atoms with Crippen LogP contribution in [0.4, 0.5) is 5.69 Å². The number of ketones is 1. The van der Waals surface area contributed by atoms with Crippen molar-refractivity contribution in [2.24, 2.45) is 0 Å². The summed E-state index contributed by atoms with van der Waals surface area (Å²) in [5, 5.41) is 11.6. The molecule has 0 saturated carbocycles. The Labute approximate surface area is 209 Å². The van der Waals surface area contributed by atoms with Crippen LogP contribution in [0.1, 0.15) is 30.0 Å². The summed E-state index contributed by atoms with van der Waals surface area (Å²) in [5.74, 6) is -1.85. The number of carbonyl (C=O) groups excluding carboxylic acids is 3. The molecule has 2 amide bonds. The van der Waals surface area contributed by atoms with E-state index in [0.29, 0.717) is 42.0 Å². The molecule has 2 aromatic carbocycles. The van der Waals surface area contributed by atoms with Crippen LogP contribution in [0.2, 0.25) is 0 Å². The zero-order valence-corrected chi connectivity index (χ0v) is 20.3. The third-order valence-electron chi connectivity index (χ3n) is 7.02. The average molecular weight is 489 g/mol. The van der Waals surface area contributed by atoms with Crippen molar-refractivity contribution in [1.29, 1.82) is 0 Å². The van der Waals surface area contributed by atoms with E-state index in [4.69, 9.17) is 9.47 Å². The monoisotopic (exact) mass is 488 g/mol. The SMILES string of the molecule is C=CCN1C(=O)C2(/C(=C(/O)c3ccc4c(c3)CC(C)O4)C(=O)C(=O)N2CCCOC)c2ccccc21. The molecule has 2 unspecified atom stereocenters. The van der Waals surface area contributed by atoms with Crippen molar-refractivity contribution >= 4 is 29.0 Å². The minimum atomic E-state index is -1.78. The van der Waals surface area contributed by atoms with Gasteiger partial charge in [-0.25, -0.2) is 0 Å². The Bertz CT molecular complexity index is 1310. The van der Waals surface area contributed by atoms with Gasteiger partial charge in [0.1, 0.15) is 17.6 Å². The second kappa shape index (κ2) is 8.95. The number of Topliss-reactive ketones (excluding diaryl/α,β-unsaturated/α-hetero) is 1. The van der Waals surface area contributed by atoms with Crippen LogP contribution in [0.5, 0.6) is 5.75 Å². The van der Waals surface area contributed by atoms with Crippen molar-refractivity contribution in [3.05, 3.63) is 77.4 Å². The number of para-hydroxylation sites is 1. The second-order valence-corrected chi connectivity index (χ2v) is 9.24. The number of anilines is 1. The molecule has 2 aromatic rings. The van der Waals surface area contributed by atoms with Gasteiger partial charge < -0.3 is 24.4 Å². The lowest BCUT2D eigenvalue weighted by atomic mass is 9.81. The Morgan fingerprint density at radius 2 is 2.03 bits per heavy atom. The molecule has 3 aliphatic heterocycles. The first-order chi connectivity index (χ1) is 17.4. The van der Waals surface area contributed by atoms with Crippen LogP contribution in [-0.2, 0) is 31.1 Å². The maximum atomic E-state index is 14.2. The summed E-state index contributed by atoms with van der Waals surface area (Å²) in [6.07, 6.45) is 2.66. The molecule has 0 radical (unpaired) electrons. The Morgan fingerprint density at radius 1 is 1.25 bits per heavy atom. The topological polar surface area (TPSA) is 96.4 Å². The summed E-state index contributed by atoms with van der Waals surface area (Å²) in [6.45, 7) is 6.35. The molecule has 1 spiro atoms. The van der Waals surface area contributed by atoms with Gasteiger partial charge in [0.05, 0.1) is 11.3 Å². The molecule has 8 nitrogen and oxygen atoms in total. The van der Waals surface area contributed by atoms with Crippen molar-refractivity contribution in [2.45, 2.75) is 31.4 Å². The number of aliphatic hydroxyl groups excluding tert-OH is 1. The summed E-state index contributed by atoms with van der Waals surface area (Å²) < 4.78 is 10.9. The number of ether oxygens (including phenoxy) is 2.